The SMILES string of the molecule is CCc1ccc(C(Br)c2cc(Br)c(F)cc2OC)s1. The summed E-state index contributed by atoms with van der Waals surface area (Å²) in [4.78, 5) is 2.53. The van der Waals surface area contributed by atoms with E-state index in [1.807, 2.05) is 0 Å². The van der Waals surface area contributed by atoms with E-state index in [-0.39, 0.29) is 10.6 Å². The fourth-order valence-electron chi connectivity index (χ4n) is 1.79. The van der Waals surface area contributed by atoms with Crippen molar-refractivity contribution in [1.82, 2.24) is 0 Å². The van der Waals surface area contributed by atoms with E-state index in [2.05, 4.69) is 50.9 Å². The minimum absolute atomic E-state index is 0.00431. The number of benzene rings is 1. The van der Waals surface area contributed by atoms with Crippen LogP contribution in [0.2, 0.25) is 0 Å². The average molecular weight is 408 g/mol. The van der Waals surface area contributed by atoms with E-state index in [1.165, 1.54) is 15.8 Å². The van der Waals surface area contributed by atoms with Crippen molar-refractivity contribution in [2.75, 3.05) is 7.11 Å². The lowest BCUT2D eigenvalue weighted by atomic mass is 10.1. The van der Waals surface area contributed by atoms with Gasteiger partial charge in [-0.1, -0.05) is 22.9 Å². The standard InChI is InChI=1S/C14H13Br2FOS/c1-3-8-4-5-13(19-8)14(16)9-6-10(15)11(17)7-12(9)18-2/h4-7,14H,3H2,1-2H3. The van der Waals surface area contributed by atoms with Gasteiger partial charge in [0.1, 0.15) is 11.6 Å². The van der Waals surface area contributed by atoms with Crippen molar-refractivity contribution >= 4 is 43.2 Å². The maximum absolute atomic E-state index is 13.5. The van der Waals surface area contributed by atoms with E-state index in [4.69, 9.17) is 4.74 Å². The maximum Gasteiger partial charge on any atom is 0.141 e. The smallest absolute Gasteiger partial charge is 0.141 e. The summed E-state index contributed by atoms with van der Waals surface area (Å²) >= 11 is 8.65. The van der Waals surface area contributed by atoms with E-state index in [1.54, 1.807) is 24.5 Å². The molecular formula is C14H13Br2FOS. The zero-order valence-corrected chi connectivity index (χ0v) is 14.5. The Morgan fingerprint density at radius 3 is 2.68 bits per heavy atom. The van der Waals surface area contributed by atoms with Gasteiger partial charge in [-0.25, -0.2) is 4.39 Å². The Labute approximate surface area is 133 Å². The van der Waals surface area contributed by atoms with Gasteiger partial charge in [0.2, 0.25) is 0 Å². The largest absolute Gasteiger partial charge is 0.496 e. The van der Waals surface area contributed by atoms with Crippen molar-refractivity contribution in [3.8, 4) is 5.75 Å². The van der Waals surface area contributed by atoms with Crippen LogP contribution in [0.25, 0.3) is 0 Å². The van der Waals surface area contributed by atoms with Crippen molar-refractivity contribution in [3.63, 3.8) is 0 Å². The van der Waals surface area contributed by atoms with Gasteiger partial charge in [-0.2, -0.15) is 0 Å². The quantitative estimate of drug-likeness (QED) is 0.590. The molecule has 0 aliphatic rings. The number of alkyl halides is 1. The second kappa shape index (κ2) is 6.37. The number of ether oxygens (including phenoxy) is 1. The molecule has 0 amide bonds. The summed E-state index contributed by atoms with van der Waals surface area (Å²) < 4.78 is 19.2. The van der Waals surface area contributed by atoms with Gasteiger partial charge in [-0.05, 0) is 40.5 Å². The van der Waals surface area contributed by atoms with E-state index in [0.717, 1.165) is 12.0 Å². The first-order chi connectivity index (χ1) is 9.06. The van der Waals surface area contributed by atoms with E-state index >= 15 is 0 Å². The monoisotopic (exact) mass is 406 g/mol. The molecule has 0 aliphatic carbocycles. The van der Waals surface area contributed by atoms with Crippen LogP contribution in [0.5, 0.6) is 5.75 Å². The normalized spacial score (nSPS) is 12.5. The van der Waals surface area contributed by atoms with Crippen molar-refractivity contribution in [3.05, 3.63) is 49.9 Å². The third kappa shape index (κ3) is 3.20. The Kier molecular flexibility index (Phi) is 5.03. The highest BCUT2D eigenvalue weighted by molar-refractivity contribution is 9.10. The van der Waals surface area contributed by atoms with Crippen LogP contribution < -0.4 is 4.74 Å². The molecule has 5 heteroatoms. The molecule has 2 aromatic rings. The number of rotatable bonds is 4. The van der Waals surface area contributed by atoms with Gasteiger partial charge in [-0.15, -0.1) is 11.3 Å². The topological polar surface area (TPSA) is 9.23 Å². The molecule has 0 bridgehead atoms. The lowest BCUT2D eigenvalue weighted by Gasteiger charge is -2.14. The van der Waals surface area contributed by atoms with Gasteiger partial charge >= 0.3 is 0 Å². The van der Waals surface area contributed by atoms with Gasteiger partial charge in [0.15, 0.2) is 0 Å². The molecule has 102 valence electrons. The number of hydrogen-bond donors (Lipinski definition) is 0. The Morgan fingerprint density at radius 1 is 1.37 bits per heavy atom. The van der Waals surface area contributed by atoms with Crippen LogP contribution in [0.3, 0.4) is 0 Å². The van der Waals surface area contributed by atoms with Crippen LogP contribution >= 0.6 is 43.2 Å². The number of aryl methyl sites for hydroxylation is 1. The third-order valence-corrected chi connectivity index (χ3v) is 6.02. The fraction of sp³-hybridized carbons (Fsp3) is 0.286. The first-order valence-corrected chi connectivity index (χ1v) is 8.35. The average Bonchev–Trinajstić information content (AvgIpc) is 2.89. The molecule has 19 heavy (non-hydrogen) atoms. The van der Waals surface area contributed by atoms with Crippen LogP contribution in [0.1, 0.15) is 27.1 Å². The molecule has 1 heterocycles. The van der Waals surface area contributed by atoms with Crippen LogP contribution in [0.4, 0.5) is 4.39 Å². The molecule has 1 nitrogen and oxygen atoms in total. The zero-order valence-electron chi connectivity index (χ0n) is 10.5. The maximum atomic E-state index is 13.5. The summed E-state index contributed by atoms with van der Waals surface area (Å²) in [5, 5.41) is 0. The summed E-state index contributed by atoms with van der Waals surface area (Å²) in [6.07, 6.45) is 1.02. The van der Waals surface area contributed by atoms with Crippen LogP contribution in [-0.4, -0.2) is 7.11 Å². The molecule has 0 spiro atoms. The summed E-state index contributed by atoms with van der Waals surface area (Å²) in [5.41, 5.74) is 0.917. The van der Waals surface area contributed by atoms with Gasteiger partial charge in [0.05, 0.1) is 16.4 Å². The minimum atomic E-state index is -0.319. The first kappa shape index (κ1) is 15.0. The summed E-state index contributed by atoms with van der Waals surface area (Å²) in [7, 11) is 1.55. The Balaban J connectivity index is 2.42. The van der Waals surface area contributed by atoms with Crippen LogP contribution in [0.15, 0.2) is 28.7 Å². The second-order valence-electron chi connectivity index (χ2n) is 4.03. The lowest BCUT2D eigenvalue weighted by molar-refractivity contribution is 0.406. The predicted molar refractivity (Wildman–Crippen MR) is 85.1 cm³/mol. The van der Waals surface area contributed by atoms with Gasteiger partial charge in [-0.3, -0.25) is 0 Å². The van der Waals surface area contributed by atoms with E-state index < -0.39 is 0 Å². The van der Waals surface area contributed by atoms with E-state index in [9.17, 15) is 4.39 Å². The van der Waals surface area contributed by atoms with Gasteiger partial charge < -0.3 is 4.74 Å². The van der Waals surface area contributed by atoms with Gasteiger partial charge in [0.25, 0.3) is 0 Å². The van der Waals surface area contributed by atoms with Crippen molar-refractivity contribution in [2.45, 2.75) is 18.2 Å². The molecule has 0 aliphatic heterocycles. The second-order valence-corrected chi connectivity index (χ2v) is 7.00. The number of halogens is 3. The Morgan fingerprint density at radius 2 is 2.11 bits per heavy atom. The van der Waals surface area contributed by atoms with Gasteiger partial charge in [0, 0.05) is 21.4 Å². The van der Waals surface area contributed by atoms with Crippen LogP contribution in [0, 0.1) is 5.82 Å². The number of methoxy groups -OCH3 is 1. The summed E-state index contributed by atoms with van der Waals surface area (Å²) in [6.45, 7) is 2.13. The summed E-state index contributed by atoms with van der Waals surface area (Å²) in [6, 6.07) is 7.39. The summed E-state index contributed by atoms with van der Waals surface area (Å²) in [5.74, 6) is 0.231. The third-order valence-electron chi connectivity index (χ3n) is 2.83. The fourth-order valence-corrected chi connectivity index (χ4v) is 3.89. The minimum Gasteiger partial charge on any atom is -0.496 e. The van der Waals surface area contributed by atoms with Crippen molar-refractivity contribution in [1.29, 1.82) is 0 Å². The molecule has 0 N–H and O–H groups in total. The zero-order chi connectivity index (χ0) is 14.0. The highest BCUT2D eigenvalue weighted by atomic mass is 79.9. The van der Waals surface area contributed by atoms with E-state index in [0.29, 0.717) is 10.2 Å². The molecule has 0 fully saturated rings. The van der Waals surface area contributed by atoms with Crippen LogP contribution in [-0.2, 0) is 6.42 Å². The first-order valence-electron chi connectivity index (χ1n) is 5.82. The molecule has 0 radical (unpaired) electrons. The van der Waals surface area contributed by atoms with Crippen molar-refractivity contribution < 1.29 is 9.13 Å². The lowest BCUT2D eigenvalue weighted by Crippen LogP contribution is -1.97. The van der Waals surface area contributed by atoms with Crippen molar-refractivity contribution in [2.24, 2.45) is 0 Å². The highest BCUT2D eigenvalue weighted by Gasteiger charge is 2.19. The molecule has 1 unspecified atom stereocenters. The number of thiophene rings is 1. The Hall–Kier alpha value is -0.390. The molecule has 0 saturated heterocycles. The highest BCUT2D eigenvalue weighted by Crippen LogP contribution is 2.41. The molecule has 1 aromatic carbocycles. The molecule has 1 atom stereocenters. The molecule has 2 rings (SSSR count). The number of hydrogen-bond acceptors (Lipinski definition) is 2. The molecule has 0 saturated carbocycles. The predicted octanol–water partition coefficient (Wildman–Crippen LogP) is 5.71. The molecular weight excluding hydrogens is 395 g/mol. The molecule has 1 aromatic heterocycles. The Bertz CT molecular complexity index is 583.